The third-order valence-electron chi connectivity index (χ3n) is 3.04. The quantitative estimate of drug-likeness (QED) is 0.840. The molecule has 1 aromatic heterocycles. The Morgan fingerprint density at radius 2 is 2.22 bits per heavy atom. The maximum Gasteiger partial charge on any atom is 0.272 e. The third-order valence-corrected chi connectivity index (χ3v) is 3.04. The molecule has 1 aliphatic carbocycles. The van der Waals surface area contributed by atoms with Gasteiger partial charge in [0.1, 0.15) is 11.5 Å². The zero-order valence-electron chi connectivity index (χ0n) is 11.1. The van der Waals surface area contributed by atoms with E-state index in [1.165, 1.54) is 0 Å². The highest BCUT2D eigenvalue weighted by Crippen LogP contribution is 2.28. The molecule has 4 heteroatoms. The molecule has 4 nitrogen and oxygen atoms in total. The Balaban J connectivity index is 2.13. The highest BCUT2D eigenvalue weighted by Gasteiger charge is 2.32. The molecule has 1 N–H and O–H groups in total. The highest BCUT2D eigenvalue weighted by molar-refractivity contribution is 5.93. The van der Waals surface area contributed by atoms with E-state index in [9.17, 15) is 4.79 Å². The van der Waals surface area contributed by atoms with Crippen LogP contribution in [0, 0.1) is 0 Å². The second kappa shape index (κ2) is 5.85. The fourth-order valence-corrected chi connectivity index (χ4v) is 2.06. The van der Waals surface area contributed by atoms with Gasteiger partial charge in [0.15, 0.2) is 0 Å². The van der Waals surface area contributed by atoms with E-state index in [1.807, 2.05) is 24.0 Å². The molecule has 1 saturated carbocycles. The minimum absolute atomic E-state index is 0.0686. The van der Waals surface area contributed by atoms with Gasteiger partial charge in [-0.1, -0.05) is 13.0 Å². The van der Waals surface area contributed by atoms with Crippen molar-refractivity contribution >= 4 is 11.7 Å². The number of rotatable bonds is 6. The molecule has 0 bridgehead atoms. The molecule has 0 unspecified atom stereocenters. The molecule has 18 heavy (non-hydrogen) atoms. The number of carbonyl (C=O) groups is 1. The summed E-state index contributed by atoms with van der Waals surface area (Å²) >= 11 is 0. The van der Waals surface area contributed by atoms with Crippen molar-refractivity contribution in [2.45, 2.75) is 39.2 Å². The van der Waals surface area contributed by atoms with Crippen molar-refractivity contribution in [3.8, 4) is 0 Å². The summed E-state index contributed by atoms with van der Waals surface area (Å²) in [5, 5.41) is 3.14. The Kier molecular flexibility index (Phi) is 4.18. The Morgan fingerprint density at radius 3 is 2.83 bits per heavy atom. The summed E-state index contributed by atoms with van der Waals surface area (Å²) in [4.78, 5) is 18.8. The van der Waals surface area contributed by atoms with Gasteiger partial charge in [0.25, 0.3) is 5.91 Å². The van der Waals surface area contributed by atoms with Crippen LogP contribution < -0.4 is 5.32 Å². The maximum atomic E-state index is 12.4. The standard InChI is InChI=1S/C14H21N3O/c1-3-10-17(11-8-9-11)14(18)12-6-5-7-13(16-12)15-4-2/h5-7,11H,3-4,8-10H2,1-2H3,(H,15,16). The molecule has 98 valence electrons. The van der Waals surface area contributed by atoms with Crippen molar-refractivity contribution in [1.29, 1.82) is 0 Å². The topological polar surface area (TPSA) is 45.2 Å². The average molecular weight is 247 g/mol. The minimum Gasteiger partial charge on any atom is -0.370 e. The van der Waals surface area contributed by atoms with Gasteiger partial charge in [-0.05, 0) is 38.3 Å². The third kappa shape index (κ3) is 3.00. The largest absolute Gasteiger partial charge is 0.370 e. The van der Waals surface area contributed by atoms with Crippen LogP contribution in [-0.4, -0.2) is 34.9 Å². The Morgan fingerprint density at radius 1 is 1.44 bits per heavy atom. The summed E-state index contributed by atoms with van der Waals surface area (Å²) in [6.07, 6.45) is 3.27. The summed E-state index contributed by atoms with van der Waals surface area (Å²) in [6.45, 7) is 5.76. The van der Waals surface area contributed by atoms with Crippen molar-refractivity contribution in [1.82, 2.24) is 9.88 Å². The molecule has 1 heterocycles. The summed E-state index contributed by atoms with van der Waals surface area (Å²) in [7, 11) is 0. The molecular weight excluding hydrogens is 226 g/mol. The molecule has 1 aromatic rings. The number of amides is 1. The number of hydrogen-bond acceptors (Lipinski definition) is 3. The van der Waals surface area contributed by atoms with Gasteiger partial charge >= 0.3 is 0 Å². The van der Waals surface area contributed by atoms with E-state index in [4.69, 9.17) is 0 Å². The minimum atomic E-state index is 0.0686. The molecule has 1 aliphatic rings. The van der Waals surface area contributed by atoms with Crippen LogP contribution >= 0.6 is 0 Å². The first-order valence-electron chi connectivity index (χ1n) is 6.78. The van der Waals surface area contributed by atoms with Gasteiger partial charge in [0, 0.05) is 19.1 Å². The number of aromatic nitrogens is 1. The molecule has 0 atom stereocenters. The van der Waals surface area contributed by atoms with Gasteiger partial charge in [-0.3, -0.25) is 4.79 Å². The second-order valence-corrected chi connectivity index (χ2v) is 4.67. The number of carbonyl (C=O) groups excluding carboxylic acids is 1. The fourth-order valence-electron chi connectivity index (χ4n) is 2.06. The van der Waals surface area contributed by atoms with Gasteiger partial charge in [0.05, 0.1) is 0 Å². The fraction of sp³-hybridized carbons (Fsp3) is 0.571. The molecule has 1 fully saturated rings. The van der Waals surface area contributed by atoms with Crippen LogP contribution in [0.1, 0.15) is 43.6 Å². The van der Waals surface area contributed by atoms with E-state index in [2.05, 4.69) is 17.2 Å². The number of hydrogen-bond donors (Lipinski definition) is 1. The van der Waals surface area contributed by atoms with Crippen LogP contribution in [0.25, 0.3) is 0 Å². The van der Waals surface area contributed by atoms with Crippen molar-refractivity contribution < 1.29 is 4.79 Å². The number of pyridine rings is 1. The normalized spacial score (nSPS) is 14.3. The first-order chi connectivity index (χ1) is 8.76. The Bertz CT molecular complexity index is 415. The van der Waals surface area contributed by atoms with Crippen molar-refractivity contribution in [2.75, 3.05) is 18.4 Å². The van der Waals surface area contributed by atoms with Gasteiger partial charge in [-0.2, -0.15) is 0 Å². The zero-order valence-corrected chi connectivity index (χ0v) is 11.1. The predicted octanol–water partition coefficient (Wildman–Crippen LogP) is 2.53. The highest BCUT2D eigenvalue weighted by atomic mass is 16.2. The first kappa shape index (κ1) is 12.9. The zero-order chi connectivity index (χ0) is 13.0. The van der Waals surface area contributed by atoms with Gasteiger partial charge in [-0.25, -0.2) is 4.98 Å². The lowest BCUT2D eigenvalue weighted by molar-refractivity contribution is 0.0737. The number of anilines is 1. The molecular formula is C14H21N3O. The lowest BCUT2D eigenvalue weighted by Crippen LogP contribution is -2.34. The molecule has 1 amide bonds. The molecule has 0 aliphatic heterocycles. The van der Waals surface area contributed by atoms with E-state index in [-0.39, 0.29) is 5.91 Å². The Labute approximate surface area is 108 Å². The van der Waals surface area contributed by atoms with Crippen molar-refractivity contribution in [3.05, 3.63) is 23.9 Å². The van der Waals surface area contributed by atoms with Crippen LogP contribution in [0.4, 0.5) is 5.82 Å². The average Bonchev–Trinajstić information content (AvgIpc) is 3.20. The second-order valence-electron chi connectivity index (χ2n) is 4.67. The molecule has 2 rings (SSSR count). The van der Waals surface area contributed by atoms with Gasteiger partial charge in [-0.15, -0.1) is 0 Å². The lowest BCUT2D eigenvalue weighted by Gasteiger charge is -2.21. The number of nitrogens with one attached hydrogen (secondary N) is 1. The summed E-state index contributed by atoms with van der Waals surface area (Å²) in [5.41, 5.74) is 0.550. The van der Waals surface area contributed by atoms with Crippen LogP contribution in [0.3, 0.4) is 0 Å². The van der Waals surface area contributed by atoms with Gasteiger partial charge < -0.3 is 10.2 Å². The van der Waals surface area contributed by atoms with Crippen LogP contribution in [0.15, 0.2) is 18.2 Å². The van der Waals surface area contributed by atoms with Crippen LogP contribution in [0.2, 0.25) is 0 Å². The summed E-state index contributed by atoms with van der Waals surface area (Å²) in [6, 6.07) is 6.02. The van der Waals surface area contributed by atoms with E-state index < -0.39 is 0 Å². The van der Waals surface area contributed by atoms with Crippen molar-refractivity contribution in [2.24, 2.45) is 0 Å². The monoisotopic (exact) mass is 247 g/mol. The molecule has 0 aromatic carbocycles. The molecule has 0 radical (unpaired) electrons. The molecule has 0 spiro atoms. The van der Waals surface area contributed by atoms with Gasteiger partial charge in [0.2, 0.25) is 0 Å². The lowest BCUT2D eigenvalue weighted by atomic mass is 10.3. The summed E-state index contributed by atoms with van der Waals surface area (Å²) < 4.78 is 0. The van der Waals surface area contributed by atoms with Crippen LogP contribution in [-0.2, 0) is 0 Å². The van der Waals surface area contributed by atoms with Crippen LogP contribution in [0.5, 0.6) is 0 Å². The SMILES string of the molecule is CCCN(C(=O)c1cccc(NCC)n1)C1CC1. The number of nitrogens with zero attached hydrogens (tertiary/aromatic N) is 2. The first-order valence-corrected chi connectivity index (χ1v) is 6.78. The Hall–Kier alpha value is -1.58. The van der Waals surface area contributed by atoms with E-state index in [0.29, 0.717) is 11.7 Å². The predicted molar refractivity (Wildman–Crippen MR) is 72.8 cm³/mol. The summed E-state index contributed by atoms with van der Waals surface area (Å²) in [5.74, 6) is 0.842. The smallest absolute Gasteiger partial charge is 0.272 e. The maximum absolute atomic E-state index is 12.4. The van der Waals surface area contributed by atoms with E-state index >= 15 is 0 Å². The van der Waals surface area contributed by atoms with E-state index in [0.717, 1.165) is 38.2 Å². The van der Waals surface area contributed by atoms with E-state index in [1.54, 1.807) is 6.07 Å². The molecule has 0 saturated heterocycles. The van der Waals surface area contributed by atoms with Crippen molar-refractivity contribution in [3.63, 3.8) is 0 Å².